The van der Waals surface area contributed by atoms with Crippen LogP contribution in [0.25, 0.3) is 0 Å². The summed E-state index contributed by atoms with van der Waals surface area (Å²) in [5.74, 6) is -0.120. The summed E-state index contributed by atoms with van der Waals surface area (Å²) in [6.45, 7) is 2.07. The fraction of sp³-hybridized carbons (Fsp3) is 0.333. The van der Waals surface area contributed by atoms with Crippen LogP contribution in [0.4, 0.5) is 5.95 Å². The van der Waals surface area contributed by atoms with Crippen LogP contribution in [0.3, 0.4) is 0 Å². The maximum Gasteiger partial charge on any atom is 0.374 e. The van der Waals surface area contributed by atoms with E-state index in [0.717, 1.165) is 0 Å². The Morgan fingerprint density at radius 2 is 1.87 bits per heavy atom. The second-order valence-corrected chi connectivity index (χ2v) is 4.97. The minimum Gasteiger partial charge on any atom is -0.457 e. The zero-order valence-corrected chi connectivity index (χ0v) is 12.4. The largest absolute Gasteiger partial charge is 0.457 e. The fourth-order valence-electron chi connectivity index (χ4n) is 2.29. The van der Waals surface area contributed by atoms with Gasteiger partial charge in [-0.15, -0.1) is 0 Å². The number of furan rings is 1. The van der Waals surface area contributed by atoms with Crippen LogP contribution in [0.1, 0.15) is 10.6 Å². The first kappa shape index (κ1) is 15.0. The number of aromatic nitrogens is 2. The molecule has 23 heavy (non-hydrogen) atoms. The third-order valence-corrected chi connectivity index (χ3v) is 3.52. The number of anilines is 1. The van der Waals surface area contributed by atoms with Gasteiger partial charge in [0.2, 0.25) is 11.7 Å². The summed E-state index contributed by atoms with van der Waals surface area (Å²) in [7, 11) is 0. The van der Waals surface area contributed by atoms with E-state index in [4.69, 9.17) is 9.15 Å². The van der Waals surface area contributed by atoms with Gasteiger partial charge >= 0.3 is 5.97 Å². The smallest absolute Gasteiger partial charge is 0.374 e. The maximum absolute atomic E-state index is 12.1. The summed E-state index contributed by atoms with van der Waals surface area (Å²) in [4.78, 5) is 35.8. The Hall–Kier alpha value is -2.90. The Labute approximate surface area is 132 Å². The van der Waals surface area contributed by atoms with E-state index in [-0.39, 0.29) is 18.3 Å². The number of amides is 1. The Balaban J connectivity index is 1.46. The van der Waals surface area contributed by atoms with Crippen LogP contribution in [0, 0.1) is 0 Å². The number of piperazine rings is 1. The van der Waals surface area contributed by atoms with Crippen molar-refractivity contribution in [2.75, 3.05) is 37.7 Å². The molecular weight excluding hydrogens is 300 g/mol. The highest BCUT2D eigenvalue weighted by Gasteiger charge is 2.23. The standard InChI is InChI=1S/C15H16N4O4/c20-13(11-23-14(21)12-3-1-10-22-12)18-6-8-19(9-7-18)15-16-4-2-5-17-15/h1-5,10H,6-9,11H2. The first-order valence-corrected chi connectivity index (χ1v) is 7.24. The van der Waals surface area contributed by atoms with Gasteiger partial charge in [-0.1, -0.05) is 0 Å². The molecule has 8 nitrogen and oxygen atoms in total. The lowest BCUT2D eigenvalue weighted by molar-refractivity contribution is -0.134. The van der Waals surface area contributed by atoms with E-state index in [0.29, 0.717) is 32.1 Å². The van der Waals surface area contributed by atoms with Crippen molar-refractivity contribution in [1.29, 1.82) is 0 Å². The topological polar surface area (TPSA) is 88.8 Å². The van der Waals surface area contributed by atoms with Crippen LogP contribution >= 0.6 is 0 Å². The fourth-order valence-corrected chi connectivity index (χ4v) is 2.29. The molecule has 1 aliphatic heterocycles. The molecule has 1 saturated heterocycles. The zero-order chi connectivity index (χ0) is 16.1. The van der Waals surface area contributed by atoms with Gasteiger partial charge in [0.05, 0.1) is 6.26 Å². The Kier molecular flexibility index (Phi) is 4.51. The van der Waals surface area contributed by atoms with Gasteiger partial charge < -0.3 is 19.0 Å². The summed E-state index contributed by atoms with van der Waals surface area (Å²) in [5.41, 5.74) is 0. The predicted octanol–water partition coefficient (Wildman–Crippen LogP) is 0.575. The van der Waals surface area contributed by atoms with Crippen LogP contribution in [-0.2, 0) is 9.53 Å². The highest BCUT2D eigenvalue weighted by molar-refractivity contribution is 5.88. The lowest BCUT2D eigenvalue weighted by Gasteiger charge is -2.34. The molecule has 0 aliphatic carbocycles. The average molecular weight is 316 g/mol. The van der Waals surface area contributed by atoms with Gasteiger partial charge in [-0.05, 0) is 18.2 Å². The molecule has 8 heteroatoms. The number of hydrogen-bond acceptors (Lipinski definition) is 7. The first-order valence-electron chi connectivity index (χ1n) is 7.24. The SMILES string of the molecule is O=C(OCC(=O)N1CCN(c2ncccn2)CC1)c1ccco1. The monoisotopic (exact) mass is 316 g/mol. The molecule has 0 atom stereocenters. The van der Waals surface area contributed by atoms with E-state index in [1.54, 1.807) is 29.4 Å². The van der Waals surface area contributed by atoms with Crippen LogP contribution in [-0.4, -0.2) is 59.5 Å². The molecule has 0 saturated carbocycles. The zero-order valence-electron chi connectivity index (χ0n) is 12.4. The molecule has 0 bridgehead atoms. The summed E-state index contributed by atoms with van der Waals surface area (Å²) >= 11 is 0. The van der Waals surface area contributed by atoms with Gasteiger partial charge in [0, 0.05) is 38.6 Å². The number of esters is 1. The number of nitrogens with zero attached hydrogens (tertiary/aromatic N) is 4. The third-order valence-electron chi connectivity index (χ3n) is 3.52. The first-order chi connectivity index (χ1) is 11.2. The predicted molar refractivity (Wildman–Crippen MR) is 79.8 cm³/mol. The van der Waals surface area contributed by atoms with Gasteiger partial charge in [-0.2, -0.15) is 0 Å². The van der Waals surface area contributed by atoms with E-state index in [9.17, 15) is 9.59 Å². The molecule has 2 aromatic rings. The van der Waals surface area contributed by atoms with Gasteiger partial charge in [-0.3, -0.25) is 4.79 Å². The molecular formula is C15H16N4O4. The average Bonchev–Trinajstić information content (AvgIpc) is 3.15. The van der Waals surface area contributed by atoms with Crippen molar-refractivity contribution in [2.45, 2.75) is 0 Å². The number of hydrogen-bond donors (Lipinski definition) is 0. The molecule has 120 valence electrons. The van der Waals surface area contributed by atoms with Crippen molar-refractivity contribution in [2.24, 2.45) is 0 Å². The van der Waals surface area contributed by atoms with Gasteiger partial charge in [0.15, 0.2) is 6.61 Å². The summed E-state index contributed by atoms with van der Waals surface area (Å²) in [6, 6.07) is 4.84. The van der Waals surface area contributed by atoms with Crippen LogP contribution in [0.5, 0.6) is 0 Å². The molecule has 0 unspecified atom stereocenters. The van der Waals surface area contributed by atoms with Crippen molar-refractivity contribution < 1.29 is 18.7 Å². The Morgan fingerprint density at radius 1 is 1.13 bits per heavy atom. The lowest BCUT2D eigenvalue weighted by Crippen LogP contribution is -2.50. The van der Waals surface area contributed by atoms with Crippen molar-refractivity contribution in [3.63, 3.8) is 0 Å². The summed E-state index contributed by atoms with van der Waals surface area (Å²) in [6.07, 6.45) is 4.76. The number of carbonyl (C=O) groups is 2. The highest BCUT2D eigenvalue weighted by atomic mass is 16.5. The van der Waals surface area contributed by atoms with E-state index >= 15 is 0 Å². The van der Waals surface area contributed by atoms with Crippen molar-refractivity contribution in [1.82, 2.24) is 14.9 Å². The molecule has 1 amide bonds. The van der Waals surface area contributed by atoms with Crippen molar-refractivity contribution in [3.05, 3.63) is 42.6 Å². The van der Waals surface area contributed by atoms with Crippen molar-refractivity contribution in [3.8, 4) is 0 Å². The van der Waals surface area contributed by atoms with E-state index in [2.05, 4.69) is 9.97 Å². The molecule has 3 rings (SSSR count). The molecule has 0 N–H and O–H groups in total. The molecule has 1 aliphatic rings. The second-order valence-electron chi connectivity index (χ2n) is 4.97. The van der Waals surface area contributed by atoms with Crippen LogP contribution in [0.2, 0.25) is 0 Å². The van der Waals surface area contributed by atoms with Gasteiger partial charge in [0.25, 0.3) is 5.91 Å². The summed E-state index contributed by atoms with van der Waals surface area (Å²) < 4.78 is 9.87. The van der Waals surface area contributed by atoms with E-state index < -0.39 is 5.97 Å². The molecule has 3 heterocycles. The highest BCUT2D eigenvalue weighted by Crippen LogP contribution is 2.10. The van der Waals surface area contributed by atoms with Crippen LogP contribution in [0.15, 0.2) is 41.3 Å². The normalized spacial score (nSPS) is 14.6. The second kappa shape index (κ2) is 6.91. The molecule has 2 aromatic heterocycles. The van der Waals surface area contributed by atoms with Gasteiger partial charge in [-0.25, -0.2) is 14.8 Å². The molecule has 1 fully saturated rings. The third kappa shape index (κ3) is 3.65. The number of ether oxygens (including phenoxy) is 1. The lowest BCUT2D eigenvalue weighted by atomic mass is 10.3. The summed E-state index contributed by atoms with van der Waals surface area (Å²) in [5, 5.41) is 0. The minimum atomic E-state index is -0.639. The number of carbonyl (C=O) groups excluding carboxylic acids is 2. The van der Waals surface area contributed by atoms with Crippen LogP contribution < -0.4 is 4.90 Å². The molecule has 0 spiro atoms. The van der Waals surface area contributed by atoms with E-state index in [1.807, 2.05) is 4.90 Å². The minimum absolute atomic E-state index is 0.0869. The molecule has 0 radical (unpaired) electrons. The van der Waals surface area contributed by atoms with Gasteiger partial charge in [0.1, 0.15) is 0 Å². The van der Waals surface area contributed by atoms with E-state index in [1.165, 1.54) is 12.3 Å². The maximum atomic E-state index is 12.1. The quantitative estimate of drug-likeness (QED) is 0.762. The number of rotatable bonds is 4. The Morgan fingerprint density at radius 3 is 2.52 bits per heavy atom. The Bertz CT molecular complexity index is 651. The molecule has 0 aromatic carbocycles. The van der Waals surface area contributed by atoms with Crippen molar-refractivity contribution >= 4 is 17.8 Å².